The largest absolute Gasteiger partial charge is 0.417 e. The number of aromatic nitrogens is 1. The molecule has 38 heavy (non-hydrogen) atoms. The van der Waals surface area contributed by atoms with Crippen molar-refractivity contribution in [1.82, 2.24) is 9.88 Å². The summed E-state index contributed by atoms with van der Waals surface area (Å²) in [4.78, 5) is 25.3. The second kappa shape index (κ2) is 9.21. The number of halogens is 9. The minimum absolute atomic E-state index is 0.0224. The lowest BCUT2D eigenvalue weighted by molar-refractivity contribution is -0.138. The number of alkyl halides is 9. The lowest BCUT2D eigenvalue weighted by Crippen LogP contribution is -2.28. The number of carbonyl (C=O) groups is 2. The topological polar surface area (TPSA) is 51.1 Å². The van der Waals surface area contributed by atoms with Crippen molar-refractivity contribution >= 4 is 28.2 Å². The van der Waals surface area contributed by atoms with E-state index < -0.39 is 63.7 Å². The van der Waals surface area contributed by atoms with E-state index >= 15 is 0 Å². The molecular formula is C25H17F9N2O2. The smallest absolute Gasteiger partial charge is 0.349 e. The van der Waals surface area contributed by atoms with Crippen LogP contribution in [0.3, 0.4) is 0 Å². The van der Waals surface area contributed by atoms with Crippen molar-refractivity contribution in [3.8, 4) is 0 Å². The highest BCUT2D eigenvalue weighted by atomic mass is 19.4. The molecule has 1 aliphatic rings. The van der Waals surface area contributed by atoms with Crippen LogP contribution in [0.15, 0.2) is 48.5 Å². The van der Waals surface area contributed by atoms with Gasteiger partial charge in [-0.05, 0) is 48.7 Å². The SMILES string of the molecule is Cn1c(C(=O)C=C(c2cccc(C(F)(F)F)c2)C(F)(F)F)cc2cc(C(=O)NC3CC3)c(C(F)(F)F)cc21. The van der Waals surface area contributed by atoms with Crippen LogP contribution in [0, 0.1) is 0 Å². The zero-order chi connectivity index (χ0) is 28.2. The molecule has 1 aliphatic carbocycles. The van der Waals surface area contributed by atoms with E-state index in [1.807, 2.05) is 0 Å². The van der Waals surface area contributed by atoms with Gasteiger partial charge in [-0.1, -0.05) is 12.1 Å². The summed E-state index contributed by atoms with van der Waals surface area (Å²) in [7, 11) is 1.14. The lowest BCUT2D eigenvalue weighted by atomic mass is 10.0. The molecule has 0 radical (unpaired) electrons. The van der Waals surface area contributed by atoms with Gasteiger partial charge in [0.15, 0.2) is 0 Å². The minimum Gasteiger partial charge on any atom is -0.349 e. The number of hydrogen-bond acceptors (Lipinski definition) is 2. The summed E-state index contributed by atoms with van der Waals surface area (Å²) >= 11 is 0. The number of aryl methyl sites for hydroxylation is 1. The highest BCUT2D eigenvalue weighted by Crippen LogP contribution is 2.39. The molecule has 0 aliphatic heterocycles. The van der Waals surface area contributed by atoms with Crippen molar-refractivity contribution in [2.24, 2.45) is 7.05 Å². The first kappa shape index (κ1) is 27.3. The maximum Gasteiger partial charge on any atom is 0.417 e. The van der Waals surface area contributed by atoms with E-state index in [0.717, 1.165) is 35.9 Å². The average molecular weight is 548 g/mol. The molecule has 4 rings (SSSR count). The van der Waals surface area contributed by atoms with Crippen LogP contribution in [0.1, 0.15) is 50.4 Å². The van der Waals surface area contributed by atoms with Gasteiger partial charge < -0.3 is 9.88 Å². The number of benzene rings is 2. The monoisotopic (exact) mass is 548 g/mol. The fraction of sp³-hybridized carbons (Fsp3) is 0.280. The average Bonchev–Trinajstić information content (AvgIpc) is 3.55. The number of nitrogens with one attached hydrogen (secondary N) is 1. The first-order valence-corrected chi connectivity index (χ1v) is 11.0. The number of carbonyl (C=O) groups excluding carboxylic acids is 2. The van der Waals surface area contributed by atoms with Gasteiger partial charge in [-0.3, -0.25) is 9.59 Å². The Morgan fingerprint density at radius 3 is 2.13 bits per heavy atom. The van der Waals surface area contributed by atoms with Gasteiger partial charge >= 0.3 is 18.5 Å². The maximum absolute atomic E-state index is 13.8. The van der Waals surface area contributed by atoms with Crippen molar-refractivity contribution < 1.29 is 49.1 Å². The molecule has 1 amide bonds. The molecule has 1 N–H and O–H groups in total. The predicted octanol–water partition coefficient (Wildman–Crippen LogP) is 6.94. The lowest BCUT2D eigenvalue weighted by Gasteiger charge is -2.14. The van der Waals surface area contributed by atoms with Gasteiger partial charge in [-0.2, -0.15) is 39.5 Å². The molecule has 4 nitrogen and oxygen atoms in total. The molecule has 13 heteroatoms. The molecule has 3 aromatic rings. The molecule has 2 aromatic carbocycles. The Labute approximate surface area is 208 Å². The van der Waals surface area contributed by atoms with Crippen molar-refractivity contribution in [1.29, 1.82) is 0 Å². The number of amides is 1. The van der Waals surface area contributed by atoms with Crippen LogP contribution in [-0.2, 0) is 19.4 Å². The van der Waals surface area contributed by atoms with E-state index in [4.69, 9.17) is 0 Å². The molecule has 0 bridgehead atoms. The van der Waals surface area contributed by atoms with Gasteiger partial charge in [-0.15, -0.1) is 0 Å². The van der Waals surface area contributed by atoms with Gasteiger partial charge in [0.25, 0.3) is 5.91 Å². The van der Waals surface area contributed by atoms with Crippen molar-refractivity contribution in [3.05, 3.63) is 76.5 Å². The summed E-state index contributed by atoms with van der Waals surface area (Å²) in [5.41, 5.74) is -6.61. The Balaban J connectivity index is 1.82. The molecule has 1 fully saturated rings. The Kier molecular flexibility index (Phi) is 6.61. The molecule has 1 heterocycles. The molecule has 0 atom stereocenters. The van der Waals surface area contributed by atoms with Crippen molar-refractivity contribution in [2.45, 2.75) is 37.4 Å². The van der Waals surface area contributed by atoms with Gasteiger partial charge in [0.05, 0.1) is 28.0 Å². The van der Waals surface area contributed by atoms with Crippen LogP contribution in [-0.4, -0.2) is 28.5 Å². The Morgan fingerprint density at radius 2 is 1.58 bits per heavy atom. The fourth-order valence-corrected chi connectivity index (χ4v) is 3.93. The number of nitrogens with zero attached hydrogens (tertiary/aromatic N) is 1. The van der Waals surface area contributed by atoms with Crippen LogP contribution in [0.4, 0.5) is 39.5 Å². The second-order valence-corrected chi connectivity index (χ2v) is 8.79. The van der Waals surface area contributed by atoms with Gasteiger partial charge in [0.1, 0.15) is 0 Å². The van der Waals surface area contributed by atoms with Crippen LogP contribution < -0.4 is 5.32 Å². The van der Waals surface area contributed by atoms with Crippen molar-refractivity contribution in [3.63, 3.8) is 0 Å². The maximum atomic E-state index is 13.8. The Hall–Kier alpha value is -3.77. The minimum atomic E-state index is -5.23. The Morgan fingerprint density at radius 1 is 0.921 bits per heavy atom. The molecule has 0 unspecified atom stereocenters. The quantitative estimate of drug-likeness (QED) is 0.214. The standard InChI is InChI=1S/C25H17F9N2O2/c1-36-19-10-18(25(32,33)34)16(22(38)35-15-5-6-15)8-13(19)9-20(36)21(37)11-17(24(29,30)31)12-3-2-4-14(7-12)23(26,27)28/h2-4,7-11,15H,5-6H2,1H3,(H,35,38). The third-order valence-corrected chi connectivity index (χ3v) is 5.98. The number of ketones is 1. The predicted molar refractivity (Wildman–Crippen MR) is 118 cm³/mol. The summed E-state index contributed by atoms with van der Waals surface area (Å²) < 4.78 is 122. The van der Waals surface area contributed by atoms with E-state index in [2.05, 4.69) is 5.32 Å². The van der Waals surface area contributed by atoms with Crippen LogP contribution in [0.25, 0.3) is 16.5 Å². The first-order valence-electron chi connectivity index (χ1n) is 11.0. The molecule has 202 valence electrons. The highest BCUT2D eigenvalue weighted by Gasteiger charge is 2.39. The van der Waals surface area contributed by atoms with E-state index in [-0.39, 0.29) is 29.1 Å². The summed E-state index contributed by atoms with van der Waals surface area (Å²) in [5.74, 6) is -2.30. The third kappa shape index (κ3) is 5.55. The summed E-state index contributed by atoms with van der Waals surface area (Å²) in [6.45, 7) is 0. The second-order valence-electron chi connectivity index (χ2n) is 8.79. The first-order chi connectivity index (χ1) is 17.5. The molecule has 1 aromatic heterocycles. The zero-order valence-corrected chi connectivity index (χ0v) is 19.3. The van der Waals surface area contributed by atoms with Crippen LogP contribution in [0.2, 0.25) is 0 Å². The van der Waals surface area contributed by atoms with Gasteiger partial charge in [-0.25, -0.2) is 0 Å². The zero-order valence-electron chi connectivity index (χ0n) is 19.3. The molecule has 1 saturated carbocycles. The van der Waals surface area contributed by atoms with Gasteiger partial charge in [0, 0.05) is 30.1 Å². The van der Waals surface area contributed by atoms with E-state index in [1.165, 1.54) is 0 Å². The molecule has 0 saturated heterocycles. The fourth-order valence-electron chi connectivity index (χ4n) is 3.93. The summed E-state index contributed by atoms with van der Waals surface area (Å²) in [5, 5.41) is 2.42. The normalized spacial score (nSPS) is 15.2. The molecule has 0 spiro atoms. The van der Waals surface area contributed by atoms with E-state index in [0.29, 0.717) is 25.0 Å². The summed E-state index contributed by atoms with van der Waals surface area (Å²) in [6.07, 6.45) is -13.8. The number of fused-ring (bicyclic) bond motifs is 1. The highest BCUT2D eigenvalue weighted by molar-refractivity contribution is 6.11. The van der Waals surface area contributed by atoms with Crippen LogP contribution in [0.5, 0.6) is 0 Å². The Bertz CT molecular complexity index is 1460. The number of hydrogen-bond donors (Lipinski definition) is 1. The third-order valence-electron chi connectivity index (χ3n) is 5.98. The number of rotatable bonds is 5. The van der Waals surface area contributed by atoms with E-state index in [9.17, 15) is 49.1 Å². The van der Waals surface area contributed by atoms with E-state index in [1.54, 1.807) is 0 Å². The number of allylic oxidation sites excluding steroid dienone is 2. The van der Waals surface area contributed by atoms with Crippen molar-refractivity contribution in [2.75, 3.05) is 0 Å². The summed E-state index contributed by atoms with van der Waals surface area (Å²) in [6, 6.07) is 4.60. The van der Waals surface area contributed by atoms with Crippen LogP contribution >= 0.6 is 0 Å². The molecular weight excluding hydrogens is 531 g/mol. The van der Waals surface area contributed by atoms with Gasteiger partial charge in [0.2, 0.25) is 5.78 Å².